The maximum Gasteiger partial charge on any atom is 0.217 e. The first-order valence-electron chi connectivity index (χ1n) is 42.5. The van der Waals surface area contributed by atoms with Crippen LogP contribution < -0.4 is 21.3 Å². The maximum atomic E-state index is 13.4. The number of hydrogen-bond donors (Lipinski definition) is 34. The highest BCUT2D eigenvalue weighted by Crippen LogP contribution is 2.42. The third-order valence-electron chi connectivity index (χ3n) is 24.6. The Bertz CT molecular complexity index is 3630. The number of carbonyl (C=O) groups is 4. The van der Waals surface area contributed by atoms with Gasteiger partial charge in [0.25, 0.3) is 0 Å². The molecule has 11 rings (SSSR count). The minimum Gasteiger partial charge on any atom is -0.394 e. The molecule has 59 heteroatoms. The van der Waals surface area contributed by atoms with Crippen LogP contribution in [0.1, 0.15) is 34.6 Å². The third kappa shape index (κ3) is 23.9. The molecule has 133 heavy (non-hydrogen) atoms. The molecule has 4 amide bonds. The van der Waals surface area contributed by atoms with Crippen LogP contribution in [0, 0.1) is 0 Å². The second-order valence-electron chi connectivity index (χ2n) is 33.8. The summed E-state index contributed by atoms with van der Waals surface area (Å²) in [7, 11) is 0. The summed E-state index contributed by atoms with van der Waals surface area (Å²) in [4.78, 5) is 51.8. The minimum absolute atomic E-state index is 0.812. The SMILES string of the molecule is CC(=O)N[C@@H]1[C@@H](O)[C@H](O[C@@H]2O[C@H](CO)[C@@H](O[C@@H]3O[C@H](CO[C@H]4O[C@H](CO)[C@@H](O)[C@H](O)[C@@H]4O[C@@H]4O[C@H](CO)[C@@H](O[C@@H]5O[C@H](CO)[C@H](O)[C@H](O[C@H]6O[C@H](CO)[C@H](O)[C@H](O)[C@H]6O)[C@H]5O[C@@H]5O[C@@H](C)[C@@H](O)[C@@H](O)[C@@H]5O)[C@H](O)[C@H]4NC(C)=O)[C@@H](O)[C@H](O[C@H]4O[C@H](CO)[C@@H](O)[C@H](O)[C@@H]4O[C@@H]4O[C@H](CO)[C@@H](O[C@@H]5O[C@H](CO)[C@H](O)[C@H](O)[C@H]5O)[C@H](O)[C@H]4NC(C)=O)[C@@H]3O)[C@H](O)[C@H]2NC(C)=O)[C@@H](CO)O[C@H]1O. The number of ether oxygens (including phenoxy) is 21. The summed E-state index contributed by atoms with van der Waals surface area (Å²) >= 11 is 0. The standard InChI is InChI=1S/C74H124N4O55/c1-16-35(92)46(103)51(108)68(114-16)133-63-60(130-70-53(110)48(105)37(94)22(7-80)117-70)40(97)25(10-83)120-74(63)128-58-29(14-87)123-66(34(45(58)102)78-20(5)91)131-61-49(106)38(95)23(8-81)118-72(61)113-15-30-41(98)59(54(111)71(124-30)127-57-28(13-86)121-65(32(43(57)100)76-18(3)89)125-55-26(11-84)115-64(112)31(42(55)99)75-17(2)88)129-73-62(50(107)39(96)24(9-82)119-73)132-67-33(77-19(4)90)44(101)56(27(12-85)122-67)126-69-52(109)47(104)36(93)21(6-79)116-69/h16,21-74,79-87,92-112H,6-15H2,1-5H3,(H,75,88)(H,76,89)(H,77,90)(H,78,91)/t16-,21+,22+,23+,24+,25+,26+,27+,28+,29+,30+,31+,32+,33+,34+,35+,36-,37-,38+,39+,40-,41+,42+,43+,44+,45+,46+,47-,48-,49-,50-,51-,52+,53+,54-,55+,56+,57+,58+,59-,60-,61-,62-,63+,64+,65-,66-,67-,68-,69-,70+,71-,72-,73+,74-/m0/s1. The normalized spacial score (nSPS) is 50.1. The molecule has 34 N–H and O–H groups in total. The highest BCUT2D eigenvalue weighted by atomic mass is 16.8. The first-order chi connectivity index (χ1) is 62.9. The van der Waals surface area contributed by atoms with E-state index in [-0.39, 0.29) is 0 Å². The van der Waals surface area contributed by atoms with E-state index in [1.165, 1.54) is 6.92 Å². The lowest BCUT2D eigenvalue weighted by atomic mass is 9.93. The van der Waals surface area contributed by atoms with Crippen LogP contribution in [0.4, 0.5) is 0 Å². The summed E-state index contributed by atoms with van der Waals surface area (Å²) in [5.74, 6) is -3.82. The van der Waals surface area contributed by atoms with Crippen LogP contribution >= 0.6 is 0 Å². The quantitative estimate of drug-likeness (QED) is 0.0284. The Labute approximate surface area is 752 Å². The number of amides is 4. The molecule has 11 heterocycles. The Morgan fingerprint density at radius 2 is 0.459 bits per heavy atom. The molecule has 0 spiro atoms. The number of carbonyl (C=O) groups excluding carboxylic acids is 4. The van der Waals surface area contributed by atoms with E-state index in [1.807, 2.05) is 0 Å². The number of aliphatic hydroxyl groups is 30. The molecule has 0 aromatic carbocycles. The Kier molecular flexibility index (Phi) is 39.1. The molecular formula is C74H124N4O55. The van der Waals surface area contributed by atoms with Crippen molar-refractivity contribution < 1.29 is 272 Å². The smallest absolute Gasteiger partial charge is 0.217 e. The van der Waals surface area contributed by atoms with Gasteiger partial charge in [-0.1, -0.05) is 0 Å². The molecule has 11 aliphatic rings. The average Bonchev–Trinajstić information content (AvgIpc) is 0.771. The third-order valence-corrected chi connectivity index (χ3v) is 24.6. The van der Waals surface area contributed by atoms with E-state index in [1.54, 1.807) is 0 Å². The summed E-state index contributed by atoms with van der Waals surface area (Å²) < 4.78 is 126. The lowest BCUT2D eigenvalue weighted by Crippen LogP contribution is -2.71. The topological polar surface area (TPSA) is 917 Å². The van der Waals surface area contributed by atoms with Gasteiger partial charge in [-0.2, -0.15) is 0 Å². The van der Waals surface area contributed by atoms with E-state index < -0.39 is 427 Å². The van der Waals surface area contributed by atoms with Gasteiger partial charge in [0.2, 0.25) is 23.6 Å². The zero-order chi connectivity index (χ0) is 97.8. The number of hydrogen-bond acceptors (Lipinski definition) is 55. The fourth-order valence-corrected chi connectivity index (χ4v) is 17.3. The predicted molar refractivity (Wildman–Crippen MR) is 407 cm³/mol. The van der Waals surface area contributed by atoms with Crippen LogP contribution in [0.2, 0.25) is 0 Å². The number of rotatable bonds is 34. The van der Waals surface area contributed by atoms with Gasteiger partial charge < -0.3 is 274 Å². The molecule has 0 unspecified atom stereocenters. The Hall–Kier alpha value is -4.16. The van der Waals surface area contributed by atoms with Gasteiger partial charge in [0.1, 0.15) is 262 Å². The molecule has 0 saturated carbocycles. The van der Waals surface area contributed by atoms with Crippen molar-refractivity contribution in [2.24, 2.45) is 0 Å². The van der Waals surface area contributed by atoms with Crippen molar-refractivity contribution in [3.8, 4) is 0 Å². The highest BCUT2D eigenvalue weighted by Gasteiger charge is 2.63. The average molecular weight is 1950 g/mol. The van der Waals surface area contributed by atoms with Crippen molar-refractivity contribution in [2.45, 2.75) is 372 Å². The lowest BCUT2D eigenvalue weighted by molar-refractivity contribution is -0.406. The molecule has 770 valence electrons. The van der Waals surface area contributed by atoms with E-state index in [2.05, 4.69) is 21.3 Å². The summed E-state index contributed by atoms with van der Waals surface area (Å²) in [5, 5.41) is 346. The minimum atomic E-state index is -2.64. The van der Waals surface area contributed by atoms with Gasteiger partial charge in [0.15, 0.2) is 69.2 Å². The fourth-order valence-electron chi connectivity index (χ4n) is 17.3. The van der Waals surface area contributed by atoms with Gasteiger partial charge in [-0.15, -0.1) is 0 Å². The van der Waals surface area contributed by atoms with Crippen molar-refractivity contribution in [3.63, 3.8) is 0 Å². The van der Waals surface area contributed by atoms with E-state index in [9.17, 15) is 172 Å². The van der Waals surface area contributed by atoms with Gasteiger partial charge in [-0.3, -0.25) is 19.2 Å². The molecule has 0 aromatic rings. The van der Waals surface area contributed by atoms with E-state index >= 15 is 0 Å². The maximum absolute atomic E-state index is 13.4. The fraction of sp³-hybridized carbons (Fsp3) is 0.946. The molecule has 11 saturated heterocycles. The largest absolute Gasteiger partial charge is 0.394 e. The Morgan fingerprint density at radius 1 is 0.211 bits per heavy atom. The summed E-state index contributed by atoms with van der Waals surface area (Å²) in [6, 6.07) is -7.77. The van der Waals surface area contributed by atoms with Crippen LogP contribution in [0.15, 0.2) is 0 Å². The molecule has 0 aliphatic carbocycles. The zero-order valence-corrected chi connectivity index (χ0v) is 71.4. The molecule has 11 aliphatic heterocycles. The second kappa shape index (κ2) is 47.6. The molecule has 0 bridgehead atoms. The molecule has 59 nitrogen and oxygen atoms in total. The summed E-state index contributed by atoms with van der Waals surface area (Å²) in [6.45, 7) is -6.67. The van der Waals surface area contributed by atoms with Crippen molar-refractivity contribution in [1.82, 2.24) is 21.3 Å². The van der Waals surface area contributed by atoms with Crippen LogP contribution in [-0.2, 0) is 119 Å². The molecular weight excluding hydrogens is 1820 g/mol. The van der Waals surface area contributed by atoms with Crippen LogP contribution in [0.25, 0.3) is 0 Å². The number of nitrogens with one attached hydrogen (secondary N) is 4. The van der Waals surface area contributed by atoms with Crippen molar-refractivity contribution in [3.05, 3.63) is 0 Å². The van der Waals surface area contributed by atoms with E-state index in [0.717, 1.165) is 27.7 Å². The van der Waals surface area contributed by atoms with Gasteiger partial charge in [0, 0.05) is 27.7 Å². The molecule has 0 aromatic heterocycles. The van der Waals surface area contributed by atoms with E-state index in [0.29, 0.717) is 0 Å². The summed E-state index contributed by atoms with van der Waals surface area (Å²) in [5.41, 5.74) is 0. The predicted octanol–water partition coefficient (Wildman–Crippen LogP) is -23.4. The van der Waals surface area contributed by atoms with Crippen LogP contribution in [-0.4, -0.2) is 580 Å². The van der Waals surface area contributed by atoms with Crippen molar-refractivity contribution >= 4 is 23.6 Å². The number of aliphatic hydroxyl groups excluding tert-OH is 30. The van der Waals surface area contributed by atoms with Crippen LogP contribution in [0.3, 0.4) is 0 Å². The van der Waals surface area contributed by atoms with Crippen molar-refractivity contribution in [2.75, 3.05) is 66.1 Å². The highest BCUT2D eigenvalue weighted by molar-refractivity contribution is 5.74. The van der Waals surface area contributed by atoms with Gasteiger partial charge >= 0.3 is 0 Å². The first kappa shape index (κ1) is 109. The van der Waals surface area contributed by atoms with E-state index in [4.69, 9.17) is 99.5 Å². The first-order valence-corrected chi connectivity index (χ1v) is 42.5. The lowest BCUT2D eigenvalue weighted by Gasteiger charge is -2.51. The molecule has 11 fully saturated rings. The zero-order valence-electron chi connectivity index (χ0n) is 71.4. The second-order valence-corrected chi connectivity index (χ2v) is 33.8. The van der Waals surface area contributed by atoms with Gasteiger partial charge in [-0.25, -0.2) is 0 Å². The van der Waals surface area contributed by atoms with Crippen LogP contribution in [0.5, 0.6) is 0 Å². The van der Waals surface area contributed by atoms with Gasteiger partial charge in [0.05, 0.1) is 72.2 Å². The summed E-state index contributed by atoms with van der Waals surface area (Å²) in [6.07, 6.45) is -109. The van der Waals surface area contributed by atoms with Gasteiger partial charge in [-0.05, 0) is 6.92 Å². The molecule has 55 atom stereocenters. The Balaban J connectivity index is 0.919. The Morgan fingerprint density at radius 3 is 0.850 bits per heavy atom. The van der Waals surface area contributed by atoms with Crippen molar-refractivity contribution in [1.29, 1.82) is 0 Å². The monoisotopic (exact) mass is 1950 g/mol. The molecule has 0 radical (unpaired) electrons.